The van der Waals surface area contributed by atoms with E-state index in [0.717, 1.165) is 18.2 Å². The molecule has 5 nitrogen and oxygen atoms in total. The summed E-state index contributed by atoms with van der Waals surface area (Å²) in [7, 11) is -2.14. The van der Waals surface area contributed by atoms with Crippen LogP contribution in [0, 0.1) is 11.6 Å². The van der Waals surface area contributed by atoms with Crippen LogP contribution in [0.1, 0.15) is 35.8 Å². The van der Waals surface area contributed by atoms with E-state index in [-0.39, 0.29) is 22.6 Å². The van der Waals surface area contributed by atoms with Crippen molar-refractivity contribution in [1.29, 1.82) is 0 Å². The number of carbonyl (C=O) groups is 1. The zero-order valence-electron chi connectivity index (χ0n) is 14.7. The first-order valence-corrected chi connectivity index (χ1v) is 9.47. The molecular formula is C18H20F2N2O3S. The Morgan fingerprint density at radius 2 is 1.77 bits per heavy atom. The largest absolute Gasteiger partial charge is 0.335 e. The molecule has 0 fully saturated rings. The summed E-state index contributed by atoms with van der Waals surface area (Å²) in [6, 6.07) is 7.80. The monoisotopic (exact) mass is 382 g/mol. The van der Waals surface area contributed by atoms with Crippen LogP contribution < -0.4 is 4.72 Å². The summed E-state index contributed by atoms with van der Waals surface area (Å²) in [5.41, 5.74) is 0.304. The molecule has 0 radical (unpaired) electrons. The van der Waals surface area contributed by atoms with Crippen molar-refractivity contribution >= 4 is 15.9 Å². The Balaban J connectivity index is 2.24. The smallest absolute Gasteiger partial charge is 0.254 e. The van der Waals surface area contributed by atoms with Gasteiger partial charge in [0.2, 0.25) is 10.0 Å². The summed E-state index contributed by atoms with van der Waals surface area (Å²) in [5, 5.41) is 0. The molecule has 0 aromatic heterocycles. The summed E-state index contributed by atoms with van der Waals surface area (Å²) < 4.78 is 53.5. The molecule has 0 saturated heterocycles. The van der Waals surface area contributed by atoms with E-state index < -0.39 is 33.6 Å². The Bertz CT molecular complexity index is 899. The van der Waals surface area contributed by atoms with Crippen LogP contribution >= 0.6 is 0 Å². The first-order valence-electron chi connectivity index (χ1n) is 7.99. The van der Waals surface area contributed by atoms with Crippen molar-refractivity contribution in [3.05, 3.63) is 65.2 Å². The number of benzene rings is 2. The van der Waals surface area contributed by atoms with Gasteiger partial charge < -0.3 is 4.90 Å². The lowest BCUT2D eigenvalue weighted by Gasteiger charge is -2.26. The molecule has 2 aromatic carbocycles. The maximum Gasteiger partial charge on any atom is 0.254 e. The zero-order chi connectivity index (χ0) is 19.5. The van der Waals surface area contributed by atoms with Crippen LogP contribution in [-0.2, 0) is 10.0 Å². The van der Waals surface area contributed by atoms with Crippen LogP contribution in [0.4, 0.5) is 8.78 Å². The van der Waals surface area contributed by atoms with Gasteiger partial charge in [-0.15, -0.1) is 0 Å². The molecule has 0 aliphatic carbocycles. The highest BCUT2D eigenvalue weighted by molar-refractivity contribution is 7.89. The number of rotatable bonds is 6. The third kappa shape index (κ3) is 4.25. The predicted octanol–water partition coefficient (Wildman–Crippen LogP) is 3.10. The van der Waals surface area contributed by atoms with Gasteiger partial charge in [-0.05, 0) is 49.4 Å². The minimum atomic E-state index is -3.61. The van der Waals surface area contributed by atoms with Crippen molar-refractivity contribution in [2.45, 2.75) is 24.8 Å². The van der Waals surface area contributed by atoms with Crippen molar-refractivity contribution in [2.24, 2.45) is 0 Å². The number of nitrogens with one attached hydrogen (secondary N) is 1. The van der Waals surface area contributed by atoms with E-state index >= 15 is 0 Å². The van der Waals surface area contributed by atoms with E-state index in [1.807, 2.05) is 0 Å². The molecule has 1 amide bonds. The number of nitrogens with zero attached hydrogens (tertiary/aromatic N) is 1. The second-order valence-corrected chi connectivity index (χ2v) is 7.55. The number of carbonyl (C=O) groups excluding carboxylic acids is 1. The van der Waals surface area contributed by atoms with Gasteiger partial charge >= 0.3 is 0 Å². The molecule has 2 aromatic rings. The van der Waals surface area contributed by atoms with Gasteiger partial charge in [0, 0.05) is 24.7 Å². The number of amides is 1. The third-order valence-electron chi connectivity index (χ3n) is 4.06. The summed E-state index contributed by atoms with van der Waals surface area (Å²) in [4.78, 5) is 13.9. The highest BCUT2D eigenvalue weighted by atomic mass is 32.2. The summed E-state index contributed by atoms with van der Waals surface area (Å²) in [6.07, 6.45) is 0. The molecule has 0 aliphatic heterocycles. The van der Waals surface area contributed by atoms with Gasteiger partial charge in [0.1, 0.15) is 11.6 Å². The van der Waals surface area contributed by atoms with E-state index in [0.29, 0.717) is 0 Å². The van der Waals surface area contributed by atoms with Gasteiger partial charge in [-0.25, -0.2) is 21.9 Å². The second kappa shape index (κ2) is 7.92. The SMILES string of the molecule is CCNS(=O)(=O)c1ccc(C(=O)N(C)C(C)c2cc(F)ccc2F)cc1. The first kappa shape index (κ1) is 20.0. The lowest BCUT2D eigenvalue weighted by Crippen LogP contribution is -2.30. The molecule has 140 valence electrons. The average Bonchev–Trinajstić information content (AvgIpc) is 2.62. The summed E-state index contributed by atoms with van der Waals surface area (Å²) in [5.74, 6) is -1.63. The van der Waals surface area contributed by atoms with Crippen LogP contribution in [0.2, 0.25) is 0 Å². The molecule has 2 rings (SSSR count). The minimum Gasteiger partial charge on any atom is -0.335 e. The Hall–Kier alpha value is -2.32. The molecule has 0 spiro atoms. The molecule has 0 aliphatic rings. The molecule has 1 atom stereocenters. The van der Waals surface area contributed by atoms with Gasteiger partial charge in [-0.1, -0.05) is 6.92 Å². The van der Waals surface area contributed by atoms with E-state index in [1.165, 1.54) is 36.2 Å². The lowest BCUT2D eigenvalue weighted by molar-refractivity contribution is 0.0740. The normalized spacial score (nSPS) is 12.7. The summed E-state index contributed by atoms with van der Waals surface area (Å²) in [6.45, 7) is 3.50. The predicted molar refractivity (Wildman–Crippen MR) is 94.2 cm³/mol. The second-order valence-electron chi connectivity index (χ2n) is 5.78. The fourth-order valence-electron chi connectivity index (χ4n) is 2.47. The van der Waals surface area contributed by atoms with Crippen molar-refractivity contribution in [1.82, 2.24) is 9.62 Å². The third-order valence-corrected chi connectivity index (χ3v) is 5.62. The van der Waals surface area contributed by atoms with Crippen LogP contribution in [0.25, 0.3) is 0 Å². The Labute approximate surface area is 151 Å². The Morgan fingerprint density at radius 1 is 1.15 bits per heavy atom. The standard InChI is InChI=1S/C18H20F2N2O3S/c1-4-21-26(24,25)15-8-5-13(6-9-15)18(23)22(3)12(2)16-11-14(19)7-10-17(16)20/h5-12,21H,4H2,1-3H3. The summed E-state index contributed by atoms with van der Waals surface area (Å²) >= 11 is 0. The van der Waals surface area contributed by atoms with Gasteiger partial charge in [-0.3, -0.25) is 4.79 Å². The fourth-order valence-corrected chi connectivity index (χ4v) is 3.51. The van der Waals surface area contributed by atoms with E-state index in [4.69, 9.17) is 0 Å². The zero-order valence-corrected chi connectivity index (χ0v) is 15.5. The highest BCUT2D eigenvalue weighted by Crippen LogP contribution is 2.24. The van der Waals surface area contributed by atoms with E-state index in [1.54, 1.807) is 13.8 Å². The van der Waals surface area contributed by atoms with Crippen molar-refractivity contribution in [3.63, 3.8) is 0 Å². The van der Waals surface area contributed by atoms with Gasteiger partial charge in [-0.2, -0.15) is 0 Å². The number of sulfonamides is 1. The molecule has 0 saturated carbocycles. The number of halogens is 2. The van der Waals surface area contributed by atoms with E-state index in [2.05, 4.69) is 4.72 Å². The molecular weight excluding hydrogens is 362 g/mol. The fraction of sp³-hybridized carbons (Fsp3) is 0.278. The van der Waals surface area contributed by atoms with Crippen LogP contribution in [0.5, 0.6) is 0 Å². The molecule has 0 heterocycles. The molecule has 1 unspecified atom stereocenters. The van der Waals surface area contributed by atoms with Gasteiger partial charge in [0.15, 0.2) is 0 Å². The molecule has 0 bridgehead atoms. The number of hydrogen-bond donors (Lipinski definition) is 1. The van der Waals surface area contributed by atoms with Crippen LogP contribution in [-0.4, -0.2) is 32.8 Å². The van der Waals surface area contributed by atoms with Crippen molar-refractivity contribution < 1.29 is 22.0 Å². The molecule has 8 heteroatoms. The van der Waals surface area contributed by atoms with Gasteiger partial charge in [0.25, 0.3) is 5.91 Å². The maximum absolute atomic E-state index is 13.9. The quantitative estimate of drug-likeness (QED) is 0.835. The topological polar surface area (TPSA) is 66.5 Å². The number of hydrogen-bond acceptors (Lipinski definition) is 3. The lowest BCUT2D eigenvalue weighted by atomic mass is 10.1. The highest BCUT2D eigenvalue weighted by Gasteiger charge is 2.22. The molecule has 26 heavy (non-hydrogen) atoms. The maximum atomic E-state index is 13.9. The average molecular weight is 382 g/mol. The van der Waals surface area contributed by atoms with Crippen LogP contribution in [0.15, 0.2) is 47.4 Å². The Morgan fingerprint density at radius 3 is 2.35 bits per heavy atom. The Kier molecular flexibility index (Phi) is 6.09. The van der Waals surface area contributed by atoms with Gasteiger partial charge in [0.05, 0.1) is 10.9 Å². The van der Waals surface area contributed by atoms with Crippen LogP contribution in [0.3, 0.4) is 0 Å². The molecule has 1 N–H and O–H groups in total. The van der Waals surface area contributed by atoms with E-state index in [9.17, 15) is 22.0 Å². The minimum absolute atomic E-state index is 0.0442. The van der Waals surface area contributed by atoms with Crippen molar-refractivity contribution in [3.8, 4) is 0 Å². The first-order chi connectivity index (χ1) is 12.2. The van der Waals surface area contributed by atoms with Crippen molar-refractivity contribution in [2.75, 3.05) is 13.6 Å².